The van der Waals surface area contributed by atoms with Crippen molar-refractivity contribution < 1.29 is 14.3 Å². The Morgan fingerprint density at radius 3 is 2.74 bits per heavy atom. The molecule has 3 rings (SSSR count). The zero-order chi connectivity index (χ0) is 13.4. The van der Waals surface area contributed by atoms with Crippen LogP contribution in [0.15, 0.2) is 51.4 Å². The van der Waals surface area contributed by atoms with Crippen molar-refractivity contribution in [1.29, 1.82) is 0 Å². The molecule has 4 nitrogen and oxygen atoms in total. The number of para-hydroxylation sites is 1. The lowest BCUT2D eigenvalue weighted by Gasteiger charge is -1.97. The van der Waals surface area contributed by atoms with Crippen LogP contribution in [0.5, 0.6) is 0 Å². The molecule has 0 bridgehead atoms. The van der Waals surface area contributed by atoms with Gasteiger partial charge in [0.25, 0.3) is 0 Å². The van der Waals surface area contributed by atoms with Gasteiger partial charge < -0.3 is 9.52 Å². The first-order valence-electron chi connectivity index (χ1n) is 5.54. The molecule has 1 heterocycles. The summed E-state index contributed by atoms with van der Waals surface area (Å²) in [6, 6.07) is 12.1. The predicted octanol–water partition coefficient (Wildman–Crippen LogP) is 3.96. The molecule has 0 fully saturated rings. The van der Waals surface area contributed by atoms with Gasteiger partial charge in [0.05, 0.1) is 10.0 Å². The summed E-state index contributed by atoms with van der Waals surface area (Å²) in [5, 5.41) is 8.98. The van der Waals surface area contributed by atoms with Crippen molar-refractivity contribution in [2.45, 2.75) is 0 Å². The number of carboxylic acids is 1. The molecule has 5 heteroatoms. The van der Waals surface area contributed by atoms with E-state index in [2.05, 4.69) is 20.9 Å². The van der Waals surface area contributed by atoms with Crippen LogP contribution in [0.3, 0.4) is 0 Å². The van der Waals surface area contributed by atoms with Crippen LogP contribution in [-0.2, 0) is 0 Å². The fourth-order valence-corrected chi connectivity index (χ4v) is 2.26. The van der Waals surface area contributed by atoms with Crippen LogP contribution in [-0.4, -0.2) is 16.1 Å². The minimum absolute atomic E-state index is 0.207. The second kappa shape index (κ2) is 4.51. The van der Waals surface area contributed by atoms with Crippen molar-refractivity contribution in [1.82, 2.24) is 4.98 Å². The van der Waals surface area contributed by atoms with Crippen LogP contribution in [0, 0.1) is 0 Å². The summed E-state index contributed by atoms with van der Waals surface area (Å²) in [6.45, 7) is 0. The molecule has 1 aromatic heterocycles. The molecule has 0 spiro atoms. The smallest absolute Gasteiger partial charge is 0.335 e. The largest absolute Gasteiger partial charge is 0.478 e. The molecule has 2 aromatic carbocycles. The van der Waals surface area contributed by atoms with Crippen molar-refractivity contribution in [2.24, 2.45) is 0 Å². The molecule has 0 radical (unpaired) electrons. The molecule has 1 N–H and O–H groups in total. The van der Waals surface area contributed by atoms with Gasteiger partial charge in [0.1, 0.15) is 5.52 Å². The Hall–Kier alpha value is -2.14. The number of aromatic nitrogens is 1. The Bertz CT molecular complexity index is 779. The lowest BCUT2D eigenvalue weighted by molar-refractivity contribution is 0.0697. The fraction of sp³-hybridized carbons (Fsp3) is 0. The number of oxazole rings is 1. The molecule has 19 heavy (non-hydrogen) atoms. The fourth-order valence-electron chi connectivity index (χ4n) is 1.82. The quantitative estimate of drug-likeness (QED) is 0.777. The SMILES string of the molecule is O=C(O)c1cccc(-c2nc3cccc(Br)c3o2)c1. The third kappa shape index (κ3) is 2.13. The van der Waals surface area contributed by atoms with E-state index in [1.807, 2.05) is 18.2 Å². The molecule has 0 atom stereocenters. The van der Waals surface area contributed by atoms with Crippen LogP contribution in [0.25, 0.3) is 22.6 Å². The van der Waals surface area contributed by atoms with E-state index in [1.165, 1.54) is 6.07 Å². The maximum atomic E-state index is 11.0. The lowest BCUT2D eigenvalue weighted by Crippen LogP contribution is -1.95. The summed E-state index contributed by atoms with van der Waals surface area (Å²) in [5.41, 5.74) is 2.23. The Kier molecular flexibility index (Phi) is 2.83. The van der Waals surface area contributed by atoms with E-state index in [1.54, 1.807) is 18.2 Å². The molecule has 94 valence electrons. The average molecular weight is 318 g/mol. The topological polar surface area (TPSA) is 63.3 Å². The van der Waals surface area contributed by atoms with E-state index >= 15 is 0 Å². The van der Waals surface area contributed by atoms with E-state index in [4.69, 9.17) is 9.52 Å². The Labute approximate surface area is 116 Å². The molecule has 0 aliphatic rings. The first kappa shape index (κ1) is 11.9. The summed E-state index contributed by atoms with van der Waals surface area (Å²) in [4.78, 5) is 15.3. The van der Waals surface area contributed by atoms with Gasteiger partial charge in [-0.3, -0.25) is 0 Å². The van der Waals surface area contributed by atoms with Crippen molar-refractivity contribution >= 4 is 33.0 Å². The Balaban J connectivity index is 2.16. The molecule has 3 aromatic rings. The number of nitrogens with zero attached hydrogens (tertiary/aromatic N) is 1. The molecule has 0 saturated carbocycles. The van der Waals surface area contributed by atoms with Gasteiger partial charge in [-0.25, -0.2) is 9.78 Å². The van der Waals surface area contributed by atoms with Gasteiger partial charge >= 0.3 is 5.97 Å². The number of carboxylic acid groups (broad SMARTS) is 1. The van der Waals surface area contributed by atoms with Crippen LogP contribution < -0.4 is 0 Å². The van der Waals surface area contributed by atoms with Gasteiger partial charge in [0.15, 0.2) is 5.58 Å². The van der Waals surface area contributed by atoms with E-state index in [9.17, 15) is 4.79 Å². The summed E-state index contributed by atoms with van der Waals surface area (Å²) in [6.07, 6.45) is 0. The van der Waals surface area contributed by atoms with E-state index in [0.29, 0.717) is 17.0 Å². The Morgan fingerprint density at radius 2 is 2.00 bits per heavy atom. The second-order valence-electron chi connectivity index (χ2n) is 3.99. The van der Waals surface area contributed by atoms with Crippen LogP contribution in [0.4, 0.5) is 0 Å². The van der Waals surface area contributed by atoms with Gasteiger partial charge in [-0.05, 0) is 46.3 Å². The number of benzene rings is 2. The second-order valence-corrected chi connectivity index (χ2v) is 4.85. The van der Waals surface area contributed by atoms with Crippen molar-refractivity contribution in [3.63, 3.8) is 0 Å². The van der Waals surface area contributed by atoms with Gasteiger partial charge in [-0.2, -0.15) is 0 Å². The first-order chi connectivity index (χ1) is 9.15. The van der Waals surface area contributed by atoms with Gasteiger partial charge in [0, 0.05) is 5.56 Å². The number of hydrogen-bond donors (Lipinski definition) is 1. The van der Waals surface area contributed by atoms with Gasteiger partial charge in [0.2, 0.25) is 5.89 Å². The van der Waals surface area contributed by atoms with Crippen LogP contribution in [0.1, 0.15) is 10.4 Å². The average Bonchev–Trinajstić information content (AvgIpc) is 2.84. The van der Waals surface area contributed by atoms with E-state index in [0.717, 1.165) is 9.99 Å². The third-order valence-electron chi connectivity index (χ3n) is 2.72. The summed E-state index contributed by atoms with van der Waals surface area (Å²) in [7, 11) is 0. The minimum atomic E-state index is -0.973. The van der Waals surface area contributed by atoms with Gasteiger partial charge in [-0.1, -0.05) is 12.1 Å². The number of fused-ring (bicyclic) bond motifs is 1. The molecule has 0 unspecified atom stereocenters. The zero-order valence-electron chi connectivity index (χ0n) is 9.63. The van der Waals surface area contributed by atoms with Gasteiger partial charge in [-0.15, -0.1) is 0 Å². The highest BCUT2D eigenvalue weighted by molar-refractivity contribution is 9.10. The number of hydrogen-bond acceptors (Lipinski definition) is 3. The van der Waals surface area contributed by atoms with Crippen LogP contribution in [0.2, 0.25) is 0 Å². The highest BCUT2D eigenvalue weighted by atomic mass is 79.9. The Morgan fingerprint density at radius 1 is 1.21 bits per heavy atom. The summed E-state index contributed by atoms with van der Waals surface area (Å²) < 4.78 is 6.49. The van der Waals surface area contributed by atoms with Crippen molar-refractivity contribution in [3.05, 3.63) is 52.5 Å². The number of aromatic carboxylic acids is 1. The lowest BCUT2D eigenvalue weighted by atomic mass is 10.1. The summed E-state index contributed by atoms with van der Waals surface area (Å²) in [5.74, 6) is -0.566. The highest BCUT2D eigenvalue weighted by Gasteiger charge is 2.12. The minimum Gasteiger partial charge on any atom is -0.478 e. The number of halogens is 1. The molecular weight excluding hydrogens is 310 g/mol. The molecule has 0 saturated heterocycles. The number of carbonyl (C=O) groups is 1. The molecule has 0 aliphatic heterocycles. The van der Waals surface area contributed by atoms with Crippen molar-refractivity contribution in [3.8, 4) is 11.5 Å². The maximum Gasteiger partial charge on any atom is 0.335 e. The van der Waals surface area contributed by atoms with E-state index < -0.39 is 5.97 Å². The standard InChI is InChI=1S/C14H8BrNO3/c15-10-5-2-6-11-12(10)19-13(16-11)8-3-1-4-9(7-8)14(17)18/h1-7H,(H,17,18). The highest BCUT2D eigenvalue weighted by Crippen LogP contribution is 2.29. The summed E-state index contributed by atoms with van der Waals surface area (Å²) >= 11 is 3.39. The van der Waals surface area contributed by atoms with E-state index in [-0.39, 0.29) is 5.56 Å². The zero-order valence-corrected chi connectivity index (χ0v) is 11.2. The van der Waals surface area contributed by atoms with Crippen molar-refractivity contribution in [2.75, 3.05) is 0 Å². The number of rotatable bonds is 2. The first-order valence-corrected chi connectivity index (χ1v) is 6.33. The predicted molar refractivity (Wildman–Crippen MR) is 74.1 cm³/mol. The monoisotopic (exact) mass is 317 g/mol. The maximum absolute atomic E-state index is 11.0. The molecule has 0 amide bonds. The normalized spacial score (nSPS) is 10.8. The molecule has 0 aliphatic carbocycles. The molecular formula is C14H8BrNO3. The third-order valence-corrected chi connectivity index (χ3v) is 3.35. The van der Waals surface area contributed by atoms with Crippen LogP contribution >= 0.6 is 15.9 Å².